The number of hydrogen-bond donors (Lipinski definition) is 2. The maximum absolute atomic E-state index is 14.0. The van der Waals surface area contributed by atoms with Crippen molar-refractivity contribution in [2.45, 2.75) is 45.1 Å². The van der Waals surface area contributed by atoms with Gasteiger partial charge in [-0.1, -0.05) is 6.92 Å². The zero-order valence-corrected chi connectivity index (χ0v) is 14.7. The minimum Gasteiger partial charge on any atom is -0.478 e. The van der Waals surface area contributed by atoms with Gasteiger partial charge in [-0.3, -0.25) is 9.59 Å². The summed E-state index contributed by atoms with van der Waals surface area (Å²) >= 11 is 0. The fraction of sp³-hybridized carbons (Fsp3) is 0.526. The van der Waals surface area contributed by atoms with Gasteiger partial charge in [0, 0.05) is 19.0 Å². The van der Waals surface area contributed by atoms with Crippen molar-refractivity contribution < 1.29 is 23.9 Å². The van der Waals surface area contributed by atoms with Crippen LogP contribution in [0, 0.1) is 17.7 Å². The number of carbonyl (C=O) groups excluding carboxylic acids is 2. The highest BCUT2D eigenvalue weighted by Crippen LogP contribution is 2.31. The molecule has 6 nitrogen and oxygen atoms in total. The number of carboxylic acid groups (broad SMARTS) is 1. The molecule has 1 aromatic carbocycles. The van der Waals surface area contributed by atoms with Crippen LogP contribution in [-0.4, -0.2) is 40.4 Å². The number of amides is 2. The molecule has 1 saturated heterocycles. The monoisotopic (exact) mass is 362 g/mol. The first-order chi connectivity index (χ1) is 12.3. The van der Waals surface area contributed by atoms with Crippen LogP contribution in [0.1, 0.15) is 49.4 Å². The molecular weight excluding hydrogens is 339 g/mol. The number of anilines is 1. The number of hydrogen-bond acceptors (Lipinski definition) is 3. The van der Waals surface area contributed by atoms with Crippen LogP contribution in [0.2, 0.25) is 0 Å². The Kier molecular flexibility index (Phi) is 5.25. The molecule has 2 aliphatic rings. The molecule has 7 heteroatoms. The molecule has 1 heterocycles. The Morgan fingerprint density at radius 3 is 2.54 bits per heavy atom. The molecule has 1 aliphatic carbocycles. The first-order valence-electron chi connectivity index (χ1n) is 8.98. The molecule has 1 aromatic rings. The molecule has 0 spiro atoms. The molecule has 1 saturated carbocycles. The lowest BCUT2D eigenvalue weighted by Crippen LogP contribution is -2.39. The van der Waals surface area contributed by atoms with Gasteiger partial charge < -0.3 is 15.3 Å². The van der Waals surface area contributed by atoms with E-state index in [0.29, 0.717) is 12.5 Å². The SMILES string of the molecule is CC1CCC(N2CC(C(=O)Nc3ccc(C(=O)O)cc3F)CC2=O)CC1. The molecule has 0 radical (unpaired) electrons. The van der Waals surface area contributed by atoms with Gasteiger partial charge in [-0.05, 0) is 49.8 Å². The number of halogens is 1. The average molecular weight is 362 g/mol. The predicted octanol–water partition coefficient (Wildman–Crippen LogP) is 2.89. The molecule has 3 rings (SSSR count). The summed E-state index contributed by atoms with van der Waals surface area (Å²) < 4.78 is 14.0. The molecule has 0 bridgehead atoms. The summed E-state index contributed by atoms with van der Waals surface area (Å²) in [4.78, 5) is 37.4. The van der Waals surface area contributed by atoms with Crippen LogP contribution >= 0.6 is 0 Å². The number of carboxylic acids is 1. The summed E-state index contributed by atoms with van der Waals surface area (Å²) in [5.74, 6) is -2.31. The third-order valence-corrected chi connectivity index (χ3v) is 5.43. The van der Waals surface area contributed by atoms with Gasteiger partial charge in [0.25, 0.3) is 0 Å². The number of nitrogens with one attached hydrogen (secondary N) is 1. The topological polar surface area (TPSA) is 86.7 Å². The van der Waals surface area contributed by atoms with Gasteiger partial charge in [-0.15, -0.1) is 0 Å². The molecule has 1 unspecified atom stereocenters. The molecular formula is C19H23FN2O4. The van der Waals surface area contributed by atoms with Crippen molar-refractivity contribution in [1.29, 1.82) is 0 Å². The minimum absolute atomic E-state index is 0.0219. The smallest absolute Gasteiger partial charge is 0.335 e. The average Bonchev–Trinajstić information content (AvgIpc) is 2.99. The second-order valence-corrected chi connectivity index (χ2v) is 7.35. The fourth-order valence-electron chi connectivity index (χ4n) is 3.80. The summed E-state index contributed by atoms with van der Waals surface area (Å²) in [7, 11) is 0. The van der Waals surface area contributed by atoms with Crippen molar-refractivity contribution in [3.05, 3.63) is 29.6 Å². The Hall–Kier alpha value is -2.44. The van der Waals surface area contributed by atoms with Crippen molar-refractivity contribution >= 4 is 23.5 Å². The highest BCUT2D eigenvalue weighted by Gasteiger charge is 2.38. The zero-order chi connectivity index (χ0) is 18.8. The Bertz CT molecular complexity index is 728. The van der Waals surface area contributed by atoms with Crippen LogP contribution in [0.15, 0.2) is 18.2 Å². The third-order valence-electron chi connectivity index (χ3n) is 5.43. The molecule has 1 aliphatic heterocycles. The number of aromatic carboxylic acids is 1. The van der Waals surface area contributed by atoms with Crippen LogP contribution in [0.4, 0.5) is 10.1 Å². The minimum atomic E-state index is -1.24. The quantitative estimate of drug-likeness (QED) is 0.862. The first-order valence-corrected chi connectivity index (χ1v) is 8.98. The summed E-state index contributed by atoms with van der Waals surface area (Å²) in [6.45, 7) is 2.57. The van der Waals surface area contributed by atoms with E-state index in [1.165, 1.54) is 12.1 Å². The van der Waals surface area contributed by atoms with Gasteiger partial charge in [0.15, 0.2) is 0 Å². The van der Waals surface area contributed by atoms with Gasteiger partial charge in [0.2, 0.25) is 11.8 Å². The molecule has 1 atom stereocenters. The van der Waals surface area contributed by atoms with Crippen molar-refractivity contribution in [1.82, 2.24) is 4.90 Å². The van der Waals surface area contributed by atoms with E-state index < -0.39 is 23.6 Å². The lowest BCUT2D eigenvalue weighted by atomic mass is 9.87. The number of rotatable bonds is 4. The van der Waals surface area contributed by atoms with Crippen LogP contribution in [0.25, 0.3) is 0 Å². The van der Waals surface area contributed by atoms with Gasteiger partial charge in [-0.25, -0.2) is 9.18 Å². The van der Waals surface area contributed by atoms with Crippen molar-refractivity contribution in [2.75, 3.05) is 11.9 Å². The Balaban J connectivity index is 1.62. The Morgan fingerprint density at radius 1 is 1.23 bits per heavy atom. The summed E-state index contributed by atoms with van der Waals surface area (Å²) in [6, 6.07) is 3.53. The summed E-state index contributed by atoms with van der Waals surface area (Å²) in [5, 5.41) is 11.3. The molecule has 2 amide bonds. The largest absolute Gasteiger partial charge is 0.478 e. The van der Waals surface area contributed by atoms with Crippen molar-refractivity contribution in [2.24, 2.45) is 11.8 Å². The molecule has 2 fully saturated rings. The lowest BCUT2D eigenvalue weighted by molar-refractivity contribution is -0.130. The van der Waals surface area contributed by atoms with Crippen LogP contribution in [-0.2, 0) is 9.59 Å². The van der Waals surface area contributed by atoms with E-state index in [2.05, 4.69) is 12.2 Å². The van der Waals surface area contributed by atoms with E-state index in [-0.39, 0.29) is 29.6 Å². The number of likely N-dealkylation sites (tertiary alicyclic amines) is 1. The van der Waals surface area contributed by atoms with E-state index >= 15 is 0 Å². The standard InChI is InChI=1S/C19H23FN2O4/c1-11-2-5-14(6-3-11)22-10-13(9-17(22)23)18(24)21-16-7-4-12(19(25)26)8-15(16)20/h4,7-8,11,13-14H,2-3,5-6,9-10H2,1H3,(H,21,24)(H,25,26). The maximum Gasteiger partial charge on any atom is 0.335 e. The van der Waals surface area contributed by atoms with Gasteiger partial charge in [-0.2, -0.15) is 0 Å². The second-order valence-electron chi connectivity index (χ2n) is 7.35. The van der Waals surface area contributed by atoms with Gasteiger partial charge in [0.05, 0.1) is 17.2 Å². The Labute approximate surface area is 151 Å². The first kappa shape index (κ1) is 18.4. The van der Waals surface area contributed by atoms with Crippen LogP contribution < -0.4 is 5.32 Å². The van der Waals surface area contributed by atoms with E-state index in [1.54, 1.807) is 4.90 Å². The van der Waals surface area contributed by atoms with E-state index in [9.17, 15) is 18.8 Å². The maximum atomic E-state index is 14.0. The zero-order valence-electron chi connectivity index (χ0n) is 14.7. The lowest BCUT2D eigenvalue weighted by Gasteiger charge is -2.33. The van der Waals surface area contributed by atoms with E-state index in [0.717, 1.165) is 31.7 Å². The van der Waals surface area contributed by atoms with Crippen molar-refractivity contribution in [3.63, 3.8) is 0 Å². The van der Waals surface area contributed by atoms with E-state index in [4.69, 9.17) is 5.11 Å². The highest BCUT2D eigenvalue weighted by molar-refractivity contribution is 5.97. The van der Waals surface area contributed by atoms with Crippen molar-refractivity contribution in [3.8, 4) is 0 Å². The summed E-state index contributed by atoms with van der Waals surface area (Å²) in [5.41, 5.74) is -0.258. The normalized spacial score (nSPS) is 26.0. The Morgan fingerprint density at radius 2 is 1.92 bits per heavy atom. The number of benzene rings is 1. The van der Waals surface area contributed by atoms with Crippen LogP contribution in [0.3, 0.4) is 0 Å². The van der Waals surface area contributed by atoms with E-state index in [1.807, 2.05) is 0 Å². The highest BCUT2D eigenvalue weighted by atomic mass is 19.1. The third kappa shape index (κ3) is 3.86. The molecule has 2 N–H and O–H groups in total. The number of carbonyl (C=O) groups is 3. The van der Waals surface area contributed by atoms with Crippen LogP contribution in [0.5, 0.6) is 0 Å². The molecule has 140 valence electrons. The van der Waals surface area contributed by atoms with Gasteiger partial charge >= 0.3 is 5.97 Å². The second kappa shape index (κ2) is 7.43. The summed E-state index contributed by atoms with van der Waals surface area (Å²) in [6.07, 6.45) is 4.24. The molecule has 26 heavy (non-hydrogen) atoms. The fourth-order valence-corrected chi connectivity index (χ4v) is 3.80. The van der Waals surface area contributed by atoms with Gasteiger partial charge in [0.1, 0.15) is 5.82 Å². The number of nitrogens with zero attached hydrogens (tertiary/aromatic N) is 1. The molecule has 0 aromatic heterocycles. The predicted molar refractivity (Wildman–Crippen MR) is 93.2 cm³/mol.